The summed E-state index contributed by atoms with van der Waals surface area (Å²) < 4.78 is 16.4. The minimum atomic E-state index is -0.0588. The third-order valence-electron chi connectivity index (χ3n) is 3.49. The fourth-order valence-corrected chi connectivity index (χ4v) is 2.26. The van der Waals surface area contributed by atoms with Crippen molar-refractivity contribution in [3.05, 3.63) is 84.4 Å². The SMILES string of the molecule is COCC(=O)c1ccc(Oc2ccc(Oc3ccccc3)cc2)cc1. The molecule has 0 aliphatic carbocycles. The van der Waals surface area contributed by atoms with Crippen LogP contribution in [0.2, 0.25) is 0 Å². The van der Waals surface area contributed by atoms with Crippen LogP contribution in [0.4, 0.5) is 0 Å². The van der Waals surface area contributed by atoms with E-state index in [9.17, 15) is 4.79 Å². The summed E-state index contributed by atoms with van der Waals surface area (Å²) in [6, 6.07) is 23.9. The van der Waals surface area contributed by atoms with Gasteiger partial charge in [-0.05, 0) is 60.7 Å². The van der Waals surface area contributed by atoms with Crippen LogP contribution in [0, 0.1) is 0 Å². The number of carbonyl (C=O) groups excluding carboxylic acids is 1. The number of hydrogen-bond donors (Lipinski definition) is 0. The normalized spacial score (nSPS) is 10.3. The van der Waals surface area contributed by atoms with Crippen molar-refractivity contribution in [2.45, 2.75) is 0 Å². The molecule has 3 rings (SSSR count). The van der Waals surface area contributed by atoms with E-state index in [1.54, 1.807) is 24.3 Å². The Kier molecular flexibility index (Phi) is 5.44. The van der Waals surface area contributed by atoms with E-state index in [0.717, 1.165) is 11.5 Å². The van der Waals surface area contributed by atoms with Crippen LogP contribution in [0.3, 0.4) is 0 Å². The van der Waals surface area contributed by atoms with Gasteiger partial charge < -0.3 is 14.2 Å². The fraction of sp³-hybridized carbons (Fsp3) is 0.0952. The summed E-state index contributed by atoms with van der Waals surface area (Å²) in [5, 5.41) is 0. The molecule has 0 saturated heterocycles. The Balaban J connectivity index is 1.62. The van der Waals surface area contributed by atoms with Crippen molar-refractivity contribution in [3.8, 4) is 23.0 Å². The van der Waals surface area contributed by atoms with Crippen molar-refractivity contribution in [2.75, 3.05) is 13.7 Å². The summed E-state index contributed by atoms with van der Waals surface area (Å²) in [4.78, 5) is 11.7. The second-order valence-electron chi connectivity index (χ2n) is 5.37. The van der Waals surface area contributed by atoms with E-state index in [0.29, 0.717) is 17.1 Å². The molecule has 25 heavy (non-hydrogen) atoms. The number of ether oxygens (including phenoxy) is 3. The van der Waals surface area contributed by atoms with Gasteiger partial charge in [-0.1, -0.05) is 18.2 Å². The molecule has 0 radical (unpaired) electrons. The zero-order valence-corrected chi connectivity index (χ0v) is 13.8. The number of benzene rings is 3. The van der Waals surface area contributed by atoms with Gasteiger partial charge in [-0.3, -0.25) is 4.79 Å². The number of para-hydroxylation sites is 1. The van der Waals surface area contributed by atoms with Crippen LogP contribution < -0.4 is 9.47 Å². The lowest BCUT2D eigenvalue weighted by Crippen LogP contribution is -2.06. The highest BCUT2D eigenvalue weighted by Gasteiger charge is 2.06. The van der Waals surface area contributed by atoms with Crippen LogP contribution in [-0.2, 0) is 4.74 Å². The van der Waals surface area contributed by atoms with Crippen molar-refractivity contribution >= 4 is 5.78 Å². The summed E-state index contributed by atoms with van der Waals surface area (Å²) in [5.41, 5.74) is 0.598. The van der Waals surface area contributed by atoms with Gasteiger partial charge in [0, 0.05) is 12.7 Å². The van der Waals surface area contributed by atoms with Crippen LogP contribution in [0.25, 0.3) is 0 Å². The molecule has 126 valence electrons. The Hall–Kier alpha value is -3.11. The van der Waals surface area contributed by atoms with Crippen molar-refractivity contribution in [1.82, 2.24) is 0 Å². The third-order valence-corrected chi connectivity index (χ3v) is 3.49. The van der Waals surface area contributed by atoms with Crippen molar-refractivity contribution in [3.63, 3.8) is 0 Å². The summed E-state index contributed by atoms with van der Waals surface area (Å²) >= 11 is 0. The van der Waals surface area contributed by atoms with Crippen molar-refractivity contribution in [1.29, 1.82) is 0 Å². The molecule has 0 unspecified atom stereocenters. The molecule has 0 atom stereocenters. The Labute approximate surface area is 146 Å². The second kappa shape index (κ2) is 8.13. The first-order valence-electron chi connectivity index (χ1n) is 7.87. The van der Waals surface area contributed by atoms with Gasteiger partial charge in [0.15, 0.2) is 5.78 Å². The topological polar surface area (TPSA) is 44.8 Å². The van der Waals surface area contributed by atoms with Crippen molar-refractivity contribution < 1.29 is 19.0 Å². The molecule has 0 spiro atoms. The molecular formula is C21H18O4. The van der Waals surface area contributed by atoms with Gasteiger partial charge in [-0.2, -0.15) is 0 Å². The summed E-state index contributed by atoms with van der Waals surface area (Å²) in [5.74, 6) is 2.81. The smallest absolute Gasteiger partial charge is 0.188 e. The molecule has 0 fully saturated rings. The van der Waals surface area contributed by atoms with Crippen LogP contribution in [-0.4, -0.2) is 19.5 Å². The summed E-state index contributed by atoms with van der Waals surface area (Å²) in [6.07, 6.45) is 0. The molecule has 3 aromatic rings. The van der Waals surface area contributed by atoms with Crippen LogP contribution in [0.15, 0.2) is 78.9 Å². The molecule has 3 aromatic carbocycles. The summed E-state index contributed by atoms with van der Waals surface area (Å²) in [6.45, 7) is 0.0725. The first kappa shape index (κ1) is 16.7. The van der Waals surface area contributed by atoms with E-state index in [-0.39, 0.29) is 12.4 Å². The first-order valence-corrected chi connectivity index (χ1v) is 7.87. The quantitative estimate of drug-likeness (QED) is 0.564. The van der Waals surface area contributed by atoms with Gasteiger partial charge in [-0.15, -0.1) is 0 Å². The molecule has 0 N–H and O–H groups in total. The van der Waals surface area contributed by atoms with Gasteiger partial charge in [0.05, 0.1) is 0 Å². The minimum Gasteiger partial charge on any atom is -0.457 e. The minimum absolute atomic E-state index is 0.0588. The average Bonchev–Trinajstić information content (AvgIpc) is 2.65. The van der Waals surface area contributed by atoms with Gasteiger partial charge in [0.1, 0.15) is 29.6 Å². The lowest BCUT2D eigenvalue weighted by molar-refractivity contribution is 0.0848. The van der Waals surface area contributed by atoms with E-state index < -0.39 is 0 Å². The lowest BCUT2D eigenvalue weighted by atomic mass is 10.1. The second-order valence-corrected chi connectivity index (χ2v) is 5.37. The van der Waals surface area contributed by atoms with Gasteiger partial charge in [0.25, 0.3) is 0 Å². The molecule has 0 aromatic heterocycles. The molecule has 0 aliphatic rings. The zero-order chi connectivity index (χ0) is 17.5. The zero-order valence-electron chi connectivity index (χ0n) is 13.8. The van der Waals surface area contributed by atoms with E-state index >= 15 is 0 Å². The fourth-order valence-electron chi connectivity index (χ4n) is 2.26. The predicted octanol–water partition coefficient (Wildman–Crippen LogP) is 5.10. The Morgan fingerprint density at radius 2 is 1.12 bits per heavy atom. The van der Waals surface area contributed by atoms with E-state index in [1.807, 2.05) is 54.6 Å². The Morgan fingerprint density at radius 1 is 0.680 bits per heavy atom. The Bertz CT molecular complexity index is 809. The maximum absolute atomic E-state index is 11.7. The van der Waals surface area contributed by atoms with Crippen LogP contribution >= 0.6 is 0 Å². The number of carbonyl (C=O) groups is 1. The molecular weight excluding hydrogens is 316 g/mol. The summed E-state index contributed by atoms with van der Waals surface area (Å²) in [7, 11) is 1.50. The maximum atomic E-state index is 11.7. The van der Waals surface area contributed by atoms with Crippen LogP contribution in [0.1, 0.15) is 10.4 Å². The van der Waals surface area contributed by atoms with E-state index in [2.05, 4.69) is 0 Å². The predicted molar refractivity (Wildman–Crippen MR) is 95.7 cm³/mol. The number of hydrogen-bond acceptors (Lipinski definition) is 4. The third kappa shape index (κ3) is 4.68. The number of ketones is 1. The molecule has 4 nitrogen and oxygen atoms in total. The highest BCUT2D eigenvalue weighted by molar-refractivity contribution is 5.97. The van der Waals surface area contributed by atoms with E-state index in [4.69, 9.17) is 14.2 Å². The molecule has 0 amide bonds. The molecule has 0 bridgehead atoms. The van der Waals surface area contributed by atoms with Gasteiger partial charge >= 0.3 is 0 Å². The van der Waals surface area contributed by atoms with Crippen LogP contribution in [0.5, 0.6) is 23.0 Å². The number of rotatable bonds is 7. The number of methoxy groups -OCH3 is 1. The first-order chi connectivity index (χ1) is 12.2. The Morgan fingerprint density at radius 3 is 1.60 bits per heavy atom. The van der Waals surface area contributed by atoms with Crippen molar-refractivity contribution in [2.24, 2.45) is 0 Å². The molecule has 0 saturated carbocycles. The highest BCUT2D eigenvalue weighted by Crippen LogP contribution is 2.26. The monoisotopic (exact) mass is 334 g/mol. The highest BCUT2D eigenvalue weighted by atomic mass is 16.5. The molecule has 0 heterocycles. The molecule has 0 aliphatic heterocycles. The van der Waals surface area contributed by atoms with Gasteiger partial charge in [-0.25, -0.2) is 0 Å². The van der Waals surface area contributed by atoms with E-state index in [1.165, 1.54) is 7.11 Å². The maximum Gasteiger partial charge on any atom is 0.188 e. The number of Topliss-reactive ketones (excluding diaryl/α,β-unsaturated/α-hetero) is 1. The largest absolute Gasteiger partial charge is 0.457 e. The lowest BCUT2D eigenvalue weighted by Gasteiger charge is -2.09. The average molecular weight is 334 g/mol. The molecule has 4 heteroatoms. The van der Waals surface area contributed by atoms with Gasteiger partial charge in [0.2, 0.25) is 0 Å². The standard InChI is InChI=1S/C21H18O4/c1-23-15-21(22)16-7-9-18(10-8-16)25-20-13-11-19(12-14-20)24-17-5-3-2-4-6-17/h2-14H,15H2,1H3.